The summed E-state index contributed by atoms with van der Waals surface area (Å²) in [5, 5.41) is 1.19. The Morgan fingerprint density at radius 1 is 1.40 bits per heavy atom. The fourth-order valence-electron chi connectivity index (χ4n) is 2.35. The van der Waals surface area contributed by atoms with Gasteiger partial charge in [0.15, 0.2) is 0 Å². The smallest absolute Gasteiger partial charge is 0.142 e. The van der Waals surface area contributed by atoms with Crippen molar-refractivity contribution in [3.8, 4) is 5.75 Å². The largest absolute Gasteiger partial charge is 0.485 e. The van der Waals surface area contributed by atoms with Crippen molar-refractivity contribution in [3.05, 3.63) is 39.9 Å². The fourth-order valence-corrected chi connectivity index (χ4v) is 2.93. The summed E-state index contributed by atoms with van der Waals surface area (Å²) in [6.45, 7) is 2.07. The summed E-state index contributed by atoms with van der Waals surface area (Å²) in [7, 11) is 0. The van der Waals surface area contributed by atoms with E-state index in [0.29, 0.717) is 10.0 Å². The molecule has 0 aromatic heterocycles. The summed E-state index contributed by atoms with van der Waals surface area (Å²) in [5.41, 5.74) is 7.05. The Bertz CT molecular complexity index is 488. The van der Waals surface area contributed by atoms with E-state index >= 15 is 0 Å². The van der Waals surface area contributed by atoms with Crippen molar-refractivity contribution in [2.45, 2.75) is 51.2 Å². The number of hydrogen-bond acceptors (Lipinski definition) is 2. The average molecular weight is 314 g/mol. The molecule has 2 unspecified atom stereocenters. The molecular formula is C16H21Cl2NO. The summed E-state index contributed by atoms with van der Waals surface area (Å²) in [4.78, 5) is 0. The molecule has 0 heterocycles. The highest BCUT2D eigenvalue weighted by molar-refractivity contribution is 6.35. The first-order valence-corrected chi connectivity index (χ1v) is 7.92. The van der Waals surface area contributed by atoms with Gasteiger partial charge in [-0.3, -0.25) is 0 Å². The standard InChI is InChI=1S/C16H21Cl2NO/c1-2-13(19)9-11-8-12(17)10-15(18)16(11)20-14-6-4-3-5-7-14/h4,6,8,10,13-14H,2-3,5,7,9,19H2,1H3. The molecule has 0 spiro atoms. The lowest BCUT2D eigenvalue weighted by Crippen LogP contribution is -2.23. The van der Waals surface area contributed by atoms with Crippen molar-refractivity contribution >= 4 is 23.2 Å². The molecule has 110 valence electrons. The molecule has 0 fully saturated rings. The van der Waals surface area contributed by atoms with Crippen LogP contribution in [-0.4, -0.2) is 12.1 Å². The van der Waals surface area contributed by atoms with E-state index < -0.39 is 0 Å². The molecule has 1 aromatic rings. The monoisotopic (exact) mass is 313 g/mol. The van der Waals surface area contributed by atoms with Gasteiger partial charge in [-0.1, -0.05) is 36.2 Å². The predicted molar refractivity (Wildman–Crippen MR) is 85.8 cm³/mol. The molecule has 0 bridgehead atoms. The van der Waals surface area contributed by atoms with Gasteiger partial charge in [-0.05, 0) is 55.9 Å². The normalized spacial score (nSPS) is 19.9. The Morgan fingerprint density at radius 3 is 2.85 bits per heavy atom. The first-order chi connectivity index (χ1) is 9.60. The minimum absolute atomic E-state index is 0.0915. The summed E-state index contributed by atoms with van der Waals surface area (Å²) in [6, 6.07) is 3.73. The summed E-state index contributed by atoms with van der Waals surface area (Å²) in [5.74, 6) is 0.733. The molecule has 1 aliphatic rings. The summed E-state index contributed by atoms with van der Waals surface area (Å²) >= 11 is 12.4. The Kier molecular flexibility index (Phi) is 5.76. The quantitative estimate of drug-likeness (QED) is 0.795. The maximum absolute atomic E-state index is 6.31. The second kappa shape index (κ2) is 7.35. The Morgan fingerprint density at radius 2 is 2.20 bits per heavy atom. The Balaban J connectivity index is 2.24. The third kappa shape index (κ3) is 4.15. The van der Waals surface area contributed by atoms with Crippen LogP contribution < -0.4 is 10.5 Å². The highest BCUT2D eigenvalue weighted by Crippen LogP contribution is 2.35. The number of ether oxygens (including phenoxy) is 1. The molecular weight excluding hydrogens is 293 g/mol. The van der Waals surface area contributed by atoms with Crippen LogP contribution in [0, 0.1) is 0 Å². The van der Waals surface area contributed by atoms with Gasteiger partial charge in [-0.2, -0.15) is 0 Å². The molecule has 2 atom stereocenters. The zero-order valence-electron chi connectivity index (χ0n) is 11.7. The van der Waals surface area contributed by atoms with E-state index in [4.69, 9.17) is 33.7 Å². The van der Waals surface area contributed by atoms with E-state index in [0.717, 1.165) is 43.4 Å². The number of allylic oxidation sites excluding steroid dienone is 1. The zero-order chi connectivity index (χ0) is 14.5. The predicted octanol–water partition coefficient (Wildman–Crippen LogP) is 4.76. The van der Waals surface area contributed by atoms with Crippen LogP contribution >= 0.6 is 23.2 Å². The van der Waals surface area contributed by atoms with Gasteiger partial charge in [0.1, 0.15) is 11.9 Å². The second-order valence-electron chi connectivity index (χ2n) is 5.26. The second-order valence-corrected chi connectivity index (χ2v) is 6.11. The van der Waals surface area contributed by atoms with Crippen LogP contribution in [0.2, 0.25) is 10.0 Å². The zero-order valence-corrected chi connectivity index (χ0v) is 13.3. The van der Waals surface area contributed by atoms with E-state index in [1.807, 2.05) is 6.07 Å². The topological polar surface area (TPSA) is 35.2 Å². The maximum atomic E-state index is 6.31. The van der Waals surface area contributed by atoms with Gasteiger partial charge < -0.3 is 10.5 Å². The number of hydrogen-bond donors (Lipinski definition) is 1. The van der Waals surface area contributed by atoms with E-state index in [2.05, 4.69) is 19.1 Å². The van der Waals surface area contributed by atoms with Crippen LogP contribution in [0.5, 0.6) is 5.75 Å². The SMILES string of the molecule is CCC(N)Cc1cc(Cl)cc(Cl)c1OC1C=CCCC1. The number of halogens is 2. The molecule has 2 N–H and O–H groups in total. The van der Waals surface area contributed by atoms with Crippen LogP contribution in [0.25, 0.3) is 0 Å². The number of benzene rings is 1. The van der Waals surface area contributed by atoms with Crippen LogP contribution in [0.3, 0.4) is 0 Å². The molecule has 0 saturated heterocycles. The van der Waals surface area contributed by atoms with Crippen molar-refractivity contribution < 1.29 is 4.74 Å². The molecule has 1 aromatic carbocycles. The lowest BCUT2D eigenvalue weighted by Gasteiger charge is -2.22. The van der Waals surface area contributed by atoms with Gasteiger partial charge in [-0.25, -0.2) is 0 Å². The van der Waals surface area contributed by atoms with Crippen molar-refractivity contribution in [1.29, 1.82) is 0 Å². The molecule has 0 saturated carbocycles. The highest BCUT2D eigenvalue weighted by Gasteiger charge is 2.17. The van der Waals surface area contributed by atoms with E-state index in [1.54, 1.807) is 6.07 Å². The van der Waals surface area contributed by atoms with E-state index in [1.165, 1.54) is 0 Å². The number of nitrogens with two attached hydrogens (primary N) is 1. The third-order valence-electron chi connectivity index (χ3n) is 3.57. The summed E-state index contributed by atoms with van der Waals surface area (Å²) in [6.07, 6.45) is 9.30. The van der Waals surface area contributed by atoms with E-state index in [-0.39, 0.29) is 12.1 Å². The van der Waals surface area contributed by atoms with Gasteiger partial charge >= 0.3 is 0 Å². The molecule has 2 nitrogen and oxygen atoms in total. The minimum atomic E-state index is 0.0915. The highest BCUT2D eigenvalue weighted by atomic mass is 35.5. The van der Waals surface area contributed by atoms with Crippen molar-refractivity contribution in [3.63, 3.8) is 0 Å². The molecule has 20 heavy (non-hydrogen) atoms. The first-order valence-electron chi connectivity index (χ1n) is 7.17. The van der Waals surface area contributed by atoms with Crippen molar-refractivity contribution in [2.24, 2.45) is 5.73 Å². The lowest BCUT2D eigenvalue weighted by atomic mass is 10.0. The molecule has 2 rings (SSSR count). The average Bonchev–Trinajstić information content (AvgIpc) is 2.43. The third-order valence-corrected chi connectivity index (χ3v) is 4.07. The van der Waals surface area contributed by atoms with Crippen LogP contribution in [0.4, 0.5) is 0 Å². The van der Waals surface area contributed by atoms with Gasteiger partial charge in [0.05, 0.1) is 5.02 Å². The van der Waals surface area contributed by atoms with Crippen LogP contribution in [-0.2, 0) is 6.42 Å². The van der Waals surface area contributed by atoms with Crippen LogP contribution in [0.15, 0.2) is 24.3 Å². The molecule has 4 heteroatoms. The Hall–Kier alpha value is -0.700. The van der Waals surface area contributed by atoms with Crippen LogP contribution in [0.1, 0.15) is 38.2 Å². The lowest BCUT2D eigenvalue weighted by molar-refractivity contribution is 0.227. The van der Waals surface area contributed by atoms with Gasteiger partial charge in [0, 0.05) is 11.1 Å². The first kappa shape index (κ1) is 15.7. The van der Waals surface area contributed by atoms with E-state index in [9.17, 15) is 0 Å². The summed E-state index contributed by atoms with van der Waals surface area (Å²) < 4.78 is 6.08. The van der Waals surface area contributed by atoms with Gasteiger partial charge in [-0.15, -0.1) is 0 Å². The molecule has 0 amide bonds. The van der Waals surface area contributed by atoms with Crippen molar-refractivity contribution in [1.82, 2.24) is 0 Å². The van der Waals surface area contributed by atoms with Crippen molar-refractivity contribution in [2.75, 3.05) is 0 Å². The van der Waals surface area contributed by atoms with Gasteiger partial charge in [0.25, 0.3) is 0 Å². The molecule has 0 radical (unpaired) electrons. The Labute approximate surface area is 130 Å². The fraction of sp³-hybridized carbons (Fsp3) is 0.500. The molecule has 1 aliphatic carbocycles. The molecule has 0 aliphatic heterocycles. The van der Waals surface area contributed by atoms with Gasteiger partial charge in [0.2, 0.25) is 0 Å². The number of rotatable bonds is 5. The minimum Gasteiger partial charge on any atom is -0.485 e. The maximum Gasteiger partial charge on any atom is 0.142 e.